The number of carbonyl (C=O) groups is 5. The molecule has 0 saturated carbocycles. The second kappa shape index (κ2) is 14.8. The maximum Gasteiger partial charge on any atom is 0.408 e. The lowest BCUT2D eigenvalue weighted by Crippen LogP contribution is -2.56. The van der Waals surface area contributed by atoms with Gasteiger partial charge in [0.1, 0.15) is 41.7 Å². The van der Waals surface area contributed by atoms with E-state index in [1.165, 1.54) is 32.2 Å². The maximum atomic E-state index is 13.9. The van der Waals surface area contributed by atoms with Gasteiger partial charge in [-0.2, -0.15) is 0 Å². The van der Waals surface area contributed by atoms with Gasteiger partial charge in [0, 0.05) is 36.0 Å². The Morgan fingerprint density at radius 2 is 1.78 bits per heavy atom. The molecule has 54 heavy (non-hydrogen) atoms. The molecule has 1 heterocycles. The Labute approximate surface area is 309 Å². The van der Waals surface area contributed by atoms with Gasteiger partial charge >= 0.3 is 12.1 Å². The fourth-order valence-corrected chi connectivity index (χ4v) is 7.83. The van der Waals surface area contributed by atoms with Gasteiger partial charge < -0.3 is 54.9 Å². The summed E-state index contributed by atoms with van der Waals surface area (Å²) in [5, 5.41) is 67.9. The van der Waals surface area contributed by atoms with E-state index < -0.39 is 119 Å². The van der Waals surface area contributed by atoms with E-state index in [0.717, 1.165) is 0 Å². The van der Waals surface area contributed by atoms with E-state index >= 15 is 0 Å². The number of allylic oxidation sites excluding steroid dienone is 1. The molecule has 8 atom stereocenters. The van der Waals surface area contributed by atoms with Gasteiger partial charge in [-0.1, -0.05) is 18.2 Å². The number of carboxylic acids is 1. The fraction of sp³-hybridized carbons (Fsp3) is 0.500. The van der Waals surface area contributed by atoms with E-state index in [2.05, 4.69) is 5.32 Å². The third-order valence-electron chi connectivity index (χ3n) is 11.0. The second-order valence-electron chi connectivity index (χ2n) is 14.6. The number of aliphatic carboxylic acids is 1. The summed E-state index contributed by atoms with van der Waals surface area (Å²) < 4.78 is 23.0. The standard InChI is InChI=1S/C38H43NO15/c1-17-30(42)21(39-36(49)53-18-7-4-5-11-37(2,12-10-18)35(47)48)13-25(52-17)54-23-15-38(50,24(41)16-40)14-20-27(23)34(46)29-28(32(20)44)31(43)19-8-6-9-22(51-3)26(19)33(29)45/h4,6-9,17-18,21,23,25,30,40,42,44,46,50H,5,10-16H2,1-3H3,(H,39,49)(H,47,48)/b7-4+/t17?,18-,21?,23+,25+,30+,37+,38+/m1/s1. The molecule has 1 amide bonds. The van der Waals surface area contributed by atoms with Crippen LogP contribution in [0.5, 0.6) is 17.2 Å². The summed E-state index contributed by atoms with van der Waals surface area (Å²) in [6, 6.07) is 3.25. The van der Waals surface area contributed by atoms with Gasteiger partial charge in [0.2, 0.25) is 5.78 Å². The van der Waals surface area contributed by atoms with Crippen molar-refractivity contribution in [1.29, 1.82) is 0 Å². The largest absolute Gasteiger partial charge is 0.507 e. The van der Waals surface area contributed by atoms with E-state index in [4.69, 9.17) is 18.9 Å². The van der Waals surface area contributed by atoms with Crippen molar-refractivity contribution < 1.29 is 73.6 Å². The van der Waals surface area contributed by atoms with E-state index in [9.17, 15) is 54.6 Å². The summed E-state index contributed by atoms with van der Waals surface area (Å²) in [6.07, 6.45) is -3.32. The zero-order valence-corrected chi connectivity index (χ0v) is 29.9. The number of benzene rings is 2. The van der Waals surface area contributed by atoms with Crippen molar-refractivity contribution in [2.75, 3.05) is 13.7 Å². The number of aliphatic hydroxyl groups excluding tert-OH is 2. The third-order valence-corrected chi connectivity index (χ3v) is 11.0. The highest BCUT2D eigenvalue weighted by atomic mass is 16.7. The highest BCUT2D eigenvalue weighted by Gasteiger charge is 2.50. The van der Waals surface area contributed by atoms with Crippen LogP contribution in [0.4, 0.5) is 4.79 Å². The predicted molar refractivity (Wildman–Crippen MR) is 184 cm³/mol. The maximum absolute atomic E-state index is 13.9. The molecular formula is C38H43NO15. The summed E-state index contributed by atoms with van der Waals surface area (Å²) in [7, 11) is 1.30. The summed E-state index contributed by atoms with van der Waals surface area (Å²) in [5.74, 6) is -5.11. The molecule has 6 rings (SSSR count). The average molecular weight is 754 g/mol. The number of rotatable bonds is 8. The molecule has 1 aliphatic heterocycles. The number of Topliss-reactive ketones (excluding diaryl/α,β-unsaturated/α-hetero) is 1. The molecule has 1 fully saturated rings. The van der Waals surface area contributed by atoms with Crippen molar-refractivity contribution in [3.8, 4) is 17.2 Å². The highest BCUT2D eigenvalue weighted by molar-refractivity contribution is 6.31. The minimum atomic E-state index is -2.36. The van der Waals surface area contributed by atoms with Crippen LogP contribution in [0, 0.1) is 5.41 Å². The van der Waals surface area contributed by atoms with Crippen LogP contribution in [0.1, 0.15) is 101 Å². The van der Waals surface area contributed by atoms with Crippen LogP contribution in [-0.2, 0) is 30.2 Å². The molecule has 16 nitrogen and oxygen atoms in total. The zero-order chi connectivity index (χ0) is 39.3. The number of fused-ring (bicyclic) bond motifs is 3. The average Bonchev–Trinajstić information content (AvgIpc) is 3.12. The van der Waals surface area contributed by atoms with Crippen LogP contribution in [-0.4, -0.2) is 110 Å². The summed E-state index contributed by atoms with van der Waals surface area (Å²) >= 11 is 0. The minimum absolute atomic E-state index is 0.0494. The lowest BCUT2D eigenvalue weighted by Gasteiger charge is -2.42. The van der Waals surface area contributed by atoms with E-state index in [0.29, 0.717) is 12.8 Å². The van der Waals surface area contributed by atoms with Crippen molar-refractivity contribution in [2.24, 2.45) is 5.41 Å². The van der Waals surface area contributed by atoms with Crippen LogP contribution in [0.2, 0.25) is 0 Å². The Morgan fingerprint density at radius 1 is 1.06 bits per heavy atom. The van der Waals surface area contributed by atoms with Gasteiger partial charge in [0.05, 0.1) is 47.5 Å². The topological polar surface area (TPSA) is 256 Å². The number of aromatic hydroxyl groups is 2. The number of carboxylic acid groups (broad SMARTS) is 1. The van der Waals surface area contributed by atoms with Gasteiger partial charge in [0.15, 0.2) is 17.9 Å². The van der Waals surface area contributed by atoms with Gasteiger partial charge in [-0.3, -0.25) is 19.2 Å². The number of carbonyl (C=O) groups excluding carboxylic acids is 4. The van der Waals surface area contributed by atoms with Crippen molar-refractivity contribution in [1.82, 2.24) is 5.32 Å². The van der Waals surface area contributed by atoms with E-state index in [1.54, 1.807) is 19.1 Å². The molecule has 290 valence electrons. The lowest BCUT2D eigenvalue weighted by molar-refractivity contribution is -0.249. The Bertz CT molecular complexity index is 1920. The SMILES string of the molecule is COc1cccc2c1C(=O)c1c(O)c3c(c(O)c1C2=O)C[C@@](O)(C(=O)CO)C[C@@H]3O[C@H]1CC(NC(=O)O[C@@H]2/C=C/CC[C@](C)(C(=O)O)CC2)[C@@H](O)C(C)O1. The molecule has 3 aliphatic carbocycles. The van der Waals surface area contributed by atoms with Crippen LogP contribution in [0.25, 0.3) is 0 Å². The van der Waals surface area contributed by atoms with Gasteiger partial charge in [0.25, 0.3) is 0 Å². The first-order valence-corrected chi connectivity index (χ1v) is 17.6. The molecule has 0 radical (unpaired) electrons. The van der Waals surface area contributed by atoms with E-state index in [-0.39, 0.29) is 47.3 Å². The number of ketones is 3. The molecule has 2 unspecified atom stereocenters. The number of hydrogen-bond acceptors (Lipinski definition) is 14. The van der Waals surface area contributed by atoms with Crippen LogP contribution in [0.3, 0.4) is 0 Å². The van der Waals surface area contributed by atoms with E-state index in [1.807, 2.05) is 0 Å². The number of hydrogen-bond donors (Lipinski definition) is 7. The lowest BCUT2D eigenvalue weighted by atomic mass is 9.72. The monoisotopic (exact) mass is 753 g/mol. The van der Waals surface area contributed by atoms with Crippen molar-refractivity contribution in [2.45, 2.75) is 101 Å². The van der Waals surface area contributed by atoms with Crippen molar-refractivity contribution >= 4 is 29.4 Å². The third kappa shape index (κ3) is 6.84. The molecule has 0 spiro atoms. The summed E-state index contributed by atoms with van der Waals surface area (Å²) in [4.78, 5) is 65.5. The summed E-state index contributed by atoms with van der Waals surface area (Å²) in [6.45, 7) is 2.05. The predicted octanol–water partition coefficient (Wildman–Crippen LogP) is 2.36. The zero-order valence-electron chi connectivity index (χ0n) is 29.9. The normalized spacial score (nSPS) is 31.1. The Morgan fingerprint density at radius 3 is 2.46 bits per heavy atom. The van der Waals surface area contributed by atoms with Crippen molar-refractivity contribution in [3.63, 3.8) is 0 Å². The fourth-order valence-electron chi connectivity index (χ4n) is 7.83. The van der Waals surface area contributed by atoms with Crippen LogP contribution in [0.15, 0.2) is 30.4 Å². The number of amides is 1. The molecule has 1 saturated heterocycles. The van der Waals surface area contributed by atoms with Crippen molar-refractivity contribution in [3.05, 3.63) is 63.7 Å². The highest BCUT2D eigenvalue weighted by Crippen LogP contribution is 2.52. The number of methoxy groups -OCH3 is 1. The van der Waals surface area contributed by atoms with Crippen LogP contribution >= 0.6 is 0 Å². The molecule has 2 aromatic carbocycles. The molecule has 16 heteroatoms. The number of phenolic OH excluding ortho intramolecular Hbond substituents is 2. The Kier molecular flexibility index (Phi) is 10.6. The quantitative estimate of drug-likeness (QED) is 0.129. The first kappa shape index (κ1) is 38.8. The molecule has 0 bridgehead atoms. The first-order chi connectivity index (χ1) is 25.5. The Hall–Kier alpha value is -4.87. The molecule has 7 N–H and O–H groups in total. The second-order valence-corrected chi connectivity index (χ2v) is 14.6. The van der Waals surface area contributed by atoms with Crippen LogP contribution < -0.4 is 10.1 Å². The smallest absolute Gasteiger partial charge is 0.408 e. The molecular weight excluding hydrogens is 710 g/mol. The van der Waals surface area contributed by atoms with Gasteiger partial charge in [-0.05, 0) is 51.7 Å². The van der Waals surface area contributed by atoms with Gasteiger partial charge in [-0.15, -0.1) is 0 Å². The Balaban J connectivity index is 1.29. The summed E-state index contributed by atoms with van der Waals surface area (Å²) in [5.41, 5.74) is -5.16. The number of nitrogens with one attached hydrogen (secondary N) is 1. The molecule has 4 aliphatic rings. The molecule has 2 aromatic rings. The number of ether oxygens (including phenoxy) is 4. The number of phenols is 2. The minimum Gasteiger partial charge on any atom is -0.507 e. The van der Waals surface area contributed by atoms with Gasteiger partial charge in [-0.25, -0.2) is 4.79 Å². The number of alkyl carbamates (subject to hydrolysis) is 1. The number of aliphatic hydroxyl groups is 3. The first-order valence-electron chi connectivity index (χ1n) is 17.6. The molecule has 0 aromatic heterocycles.